The fraction of sp³-hybridized carbons (Fsp3) is 0.714. The summed E-state index contributed by atoms with van der Waals surface area (Å²) in [5.41, 5.74) is 2.25. The van der Waals surface area contributed by atoms with Crippen LogP contribution >= 0.6 is 0 Å². The van der Waals surface area contributed by atoms with E-state index in [1.54, 1.807) is 0 Å². The summed E-state index contributed by atoms with van der Waals surface area (Å²) in [4.78, 5) is 11.8. The van der Waals surface area contributed by atoms with Crippen LogP contribution in [-0.4, -0.2) is 41.5 Å². The highest BCUT2D eigenvalue weighted by atomic mass is 16.5. The minimum atomic E-state index is 0.0545. The van der Waals surface area contributed by atoms with E-state index >= 15 is 0 Å². The summed E-state index contributed by atoms with van der Waals surface area (Å²) in [5.74, 6) is 0.0545. The van der Waals surface area contributed by atoms with Crippen molar-refractivity contribution in [3.05, 3.63) is 17.5 Å². The lowest BCUT2D eigenvalue weighted by molar-refractivity contribution is -0.121. The zero-order valence-electron chi connectivity index (χ0n) is 12.3. The van der Waals surface area contributed by atoms with E-state index in [1.165, 1.54) is 0 Å². The fourth-order valence-corrected chi connectivity index (χ4v) is 2.46. The highest BCUT2D eigenvalue weighted by molar-refractivity contribution is 5.78. The number of hydrogen-bond donors (Lipinski definition) is 2. The Hall–Kier alpha value is -1.40. The Morgan fingerprint density at radius 3 is 2.95 bits per heavy atom. The fourth-order valence-electron chi connectivity index (χ4n) is 2.46. The molecule has 0 saturated carbocycles. The molecule has 1 amide bonds. The van der Waals surface area contributed by atoms with Crippen LogP contribution in [0.1, 0.15) is 31.0 Å². The minimum Gasteiger partial charge on any atom is -0.381 e. The predicted molar refractivity (Wildman–Crippen MR) is 76.3 cm³/mol. The molecule has 1 aliphatic rings. The van der Waals surface area contributed by atoms with E-state index in [0.717, 1.165) is 43.7 Å². The van der Waals surface area contributed by atoms with Gasteiger partial charge in [0.1, 0.15) is 0 Å². The van der Waals surface area contributed by atoms with Crippen LogP contribution in [0.2, 0.25) is 0 Å². The van der Waals surface area contributed by atoms with E-state index < -0.39 is 0 Å². The molecule has 0 aliphatic carbocycles. The quantitative estimate of drug-likeness (QED) is 0.790. The van der Waals surface area contributed by atoms with Gasteiger partial charge < -0.3 is 15.4 Å². The average molecular weight is 280 g/mol. The number of aromatic nitrogens is 2. The van der Waals surface area contributed by atoms with Crippen molar-refractivity contribution in [1.29, 1.82) is 0 Å². The molecule has 0 aromatic carbocycles. The van der Waals surface area contributed by atoms with Gasteiger partial charge in [-0.2, -0.15) is 5.10 Å². The Balaban J connectivity index is 1.70. The zero-order chi connectivity index (χ0) is 14.4. The van der Waals surface area contributed by atoms with Crippen molar-refractivity contribution in [1.82, 2.24) is 20.4 Å². The summed E-state index contributed by atoms with van der Waals surface area (Å²) in [7, 11) is 1.92. The van der Waals surface area contributed by atoms with Gasteiger partial charge in [0.25, 0.3) is 0 Å². The molecule has 6 heteroatoms. The topological polar surface area (TPSA) is 68.2 Å². The number of ether oxygens (including phenoxy) is 1. The summed E-state index contributed by atoms with van der Waals surface area (Å²) in [6.07, 6.45) is 4.73. The SMILES string of the molecule is CCc1nn(C)cc1CNCC(=O)NC1CCOCC1. The Morgan fingerprint density at radius 2 is 2.25 bits per heavy atom. The lowest BCUT2D eigenvalue weighted by Crippen LogP contribution is -2.42. The van der Waals surface area contributed by atoms with Crippen molar-refractivity contribution in [3.63, 3.8) is 0 Å². The van der Waals surface area contributed by atoms with Gasteiger partial charge in [-0.25, -0.2) is 0 Å². The summed E-state index contributed by atoms with van der Waals surface area (Å²) in [5, 5.41) is 10.6. The van der Waals surface area contributed by atoms with Crippen LogP contribution in [0.25, 0.3) is 0 Å². The van der Waals surface area contributed by atoms with Crippen molar-refractivity contribution in [3.8, 4) is 0 Å². The van der Waals surface area contributed by atoms with Gasteiger partial charge in [0.05, 0.1) is 12.2 Å². The summed E-state index contributed by atoms with van der Waals surface area (Å²) in [6.45, 7) is 4.60. The van der Waals surface area contributed by atoms with Crippen LogP contribution in [0.5, 0.6) is 0 Å². The molecule has 1 aliphatic heterocycles. The molecule has 0 spiro atoms. The highest BCUT2D eigenvalue weighted by Gasteiger charge is 2.15. The van der Waals surface area contributed by atoms with Crippen molar-refractivity contribution < 1.29 is 9.53 Å². The first kappa shape index (κ1) is 15.0. The molecule has 1 fully saturated rings. The van der Waals surface area contributed by atoms with Crippen molar-refractivity contribution >= 4 is 5.91 Å². The maximum atomic E-state index is 11.8. The van der Waals surface area contributed by atoms with Gasteiger partial charge in [-0.1, -0.05) is 6.92 Å². The van der Waals surface area contributed by atoms with Crippen molar-refractivity contribution in [2.24, 2.45) is 7.05 Å². The van der Waals surface area contributed by atoms with E-state index in [4.69, 9.17) is 4.74 Å². The number of amides is 1. The van der Waals surface area contributed by atoms with Gasteiger partial charge in [0.2, 0.25) is 5.91 Å². The maximum Gasteiger partial charge on any atom is 0.234 e. The monoisotopic (exact) mass is 280 g/mol. The number of hydrogen-bond acceptors (Lipinski definition) is 4. The Labute approximate surface area is 119 Å². The number of aryl methyl sites for hydroxylation is 2. The van der Waals surface area contributed by atoms with Crippen LogP contribution in [0.4, 0.5) is 0 Å². The third-order valence-electron chi connectivity index (χ3n) is 3.51. The van der Waals surface area contributed by atoms with Crippen LogP contribution < -0.4 is 10.6 Å². The van der Waals surface area contributed by atoms with Crippen molar-refractivity contribution in [2.75, 3.05) is 19.8 Å². The highest BCUT2D eigenvalue weighted by Crippen LogP contribution is 2.07. The lowest BCUT2D eigenvalue weighted by Gasteiger charge is -2.23. The van der Waals surface area contributed by atoms with E-state index in [9.17, 15) is 4.79 Å². The number of nitrogens with zero attached hydrogens (tertiary/aromatic N) is 2. The first-order valence-corrected chi connectivity index (χ1v) is 7.28. The molecule has 0 bridgehead atoms. The minimum absolute atomic E-state index is 0.0545. The molecule has 1 saturated heterocycles. The van der Waals surface area contributed by atoms with Crippen LogP contribution in [0.3, 0.4) is 0 Å². The molecule has 2 heterocycles. The Kier molecular flexibility index (Phi) is 5.55. The van der Waals surface area contributed by atoms with Crippen LogP contribution in [0, 0.1) is 0 Å². The first-order chi connectivity index (χ1) is 9.69. The summed E-state index contributed by atoms with van der Waals surface area (Å²) < 4.78 is 7.09. The Morgan fingerprint density at radius 1 is 1.50 bits per heavy atom. The molecule has 0 radical (unpaired) electrons. The van der Waals surface area contributed by atoms with E-state index in [1.807, 2.05) is 17.9 Å². The van der Waals surface area contributed by atoms with E-state index in [0.29, 0.717) is 13.1 Å². The van der Waals surface area contributed by atoms with Crippen LogP contribution in [0.15, 0.2) is 6.20 Å². The molecule has 0 atom stereocenters. The second-order valence-corrected chi connectivity index (χ2v) is 5.19. The van der Waals surface area contributed by atoms with Gasteiger partial charge in [-0.05, 0) is 19.3 Å². The molecule has 20 heavy (non-hydrogen) atoms. The van der Waals surface area contributed by atoms with Gasteiger partial charge >= 0.3 is 0 Å². The molecule has 2 rings (SSSR count). The van der Waals surface area contributed by atoms with E-state index in [2.05, 4.69) is 22.7 Å². The van der Waals surface area contributed by atoms with Crippen LogP contribution in [-0.2, 0) is 29.5 Å². The second-order valence-electron chi connectivity index (χ2n) is 5.19. The predicted octanol–water partition coefficient (Wildman–Crippen LogP) is 0.367. The number of carbonyl (C=O) groups excluding carboxylic acids is 1. The standard InChI is InChI=1S/C14H24N4O2/c1-3-13-11(10-18(2)17-13)8-15-9-14(19)16-12-4-6-20-7-5-12/h10,12,15H,3-9H2,1-2H3,(H,16,19). The van der Waals surface area contributed by atoms with E-state index in [-0.39, 0.29) is 11.9 Å². The van der Waals surface area contributed by atoms with Gasteiger partial charge in [-0.3, -0.25) is 9.48 Å². The average Bonchev–Trinajstić information content (AvgIpc) is 2.80. The van der Waals surface area contributed by atoms with Gasteiger partial charge in [0, 0.05) is 44.6 Å². The Bertz CT molecular complexity index is 438. The second kappa shape index (κ2) is 7.40. The smallest absolute Gasteiger partial charge is 0.234 e. The zero-order valence-corrected chi connectivity index (χ0v) is 12.3. The normalized spacial score (nSPS) is 16.3. The van der Waals surface area contributed by atoms with Gasteiger partial charge in [-0.15, -0.1) is 0 Å². The molecule has 2 N–H and O–H groups in total. The first-order valence-electron chi connectivity index (χ1n) is 7.28. The molecule has 1 aromatic heterocycles. The molecule has 112 valence electrons. The summed E-state index contributed by atoms with van der Waals surface area (Å²) >= 11 is 0. The summed E-state index contributed by atoms with van der Waals surface area (Å²) in [6, 6.07) is 0.266. The maximum absolute atomic E-state index is 11.8. The van der Waals surface area contributed by atoms with Crippen molar-refractivity contribution in [2.45, 2.75) is 38.8 Å². The van der Waals surface area contributed by atoms with Gasteiger partial charge in [0.15, 0.2) is 0 Å². The molecule has 1 aromatic rings. The lowest BCUT2D eigenvalue weighted by atomic mass is 10.1. The number of carbonyl (C=O) groups is 1. The largest absolute Gasteiger partial charge is 0.381 e. The third-order valence-corrected chi connectivity index (χ3v) is 3.51. The molecular formula is C14H24N4O2. The molecule has 6 nitrogen and oxygen atoms in total. The third kappa shape index (κ3) is 4.31. The molecular weight excluding hydrogens is 256 g/mol. The number of nitrogens with one attached hydrogen (secondary N) is 2. The molecule has 0 unspecified atom stereocenters. The number of rotatable bonds is 6.